The summed E-state index contributed by atoms with van der Waals surface area (Å²) in [5.41, 5.74) is 2.33. The van der Waals surface area contributed by atoms with E-state index in [0.717, 1.165) is 24.5 Å². The molecular formula is C23H30N4O3. The molecule has 2 heterocycles. The maximum Gasteiger partial charge on any atom is 0.253 e. The highest BCUT2D eigenvalue weighted by atomic mass is 16.5. The highest BCUT2D eigenvalue weighted by molar-refractivity contribution is 5.95. The molecule has 1 fully saturated rings. The van der Waals surface area contributed by atoms with Gasteiger partial charge in [0.1, 0.15) is 0 Å². The number of nitrogens with zero attached hydrogens (tertiary/aromatic N) is 2. The lowest BCUT2D eigenvalue weighted by molar-refractivity contribution is -0.116. The average Bonchev–Trinajstić information content (AvgIpc) is 3.23. The van der Waals surface area contributed by atoms with E-state index >= 15 is 0 Å². The predicted octanol–water partition coefficient (Wildman–Crippen LogP) is 3.62. The zero-order valence-electron chi connectivity index (χ0n) is 17.9. The molecule has 0 aliphatic carbocycles. The van der Waals surface area contributed by atoms with Gasteiger partial charge in [0.2, 0.25) is 11.8 Å². The first-order valence-electron chi connectivity index (χ1n) is 10.5. The SMILES string of the molecule is CC(CC(=O)Nc1cccc(N2CCCC2)c1)NC(=O)c1ccc(OC(C)C)nc1. The van der Waals surface area contributed by atoms with E-state index in [2.05, 4.69) is 26.6 Å². The van der Waals surface area contributed by atoms with Gasteiger partial charge in [0.15, 0.2) is 0 Å². The maximum absolute atomic E-state index is 12.4. The Kier molecular flexibility index (Phi) is 7.27. The number of rotatable bonds is 8. The molecule has 1 aliphatic rings. The van der Waals surface area contributed by atoms with Crippen LogP contribution in [0.1, 0.15) is 50.4 Å². The molecule has 1 saturated heterocycles. The summed E-state index contributed by atoms with van der Waals surface area (Å²) < 4.78 is 5.48. The fraction of sp³-hybridized carbons (Fsp3) is 0.435. The van der Waals surface area contributed by atoms with Crippen molar-refractivity contribution in [1.82, 2.24) is 10.3 Å². The number of nitrogens with one attached hydrogen (secondary N) is 2. The fourth-order valence-corrected chi connectivity index (χ4v) is 3.43. The molecule has 30 heavy (non-hydrogen) atoms. The molecule has 1 atom stereocenters. The number of carbonyl (C=O) groups excluding carboxylic acids is 2. The van der Waals surface area contributed by atoms with Crippen LogP contribution in [0.15, 0.2) is 42.6 Å². The Labute approximate surface area is 177 Å². The van der Waals surface area contributed by atoms with Crippen molar-refractivity contribution in [2.75, 3.05) is 23.3 Å². The van der Waals surface area contributed by atoms with Crippen molar-refractivity contribution in [2.24, 2.45) is 0 Å². The molecule has 3 rings (SSSR count). The lowest BCUT2D eigenvalue weighted by atomic mass is 10.2. The van der Waals surface area contributed by atoms with Crippen LogP contribution in [0.5, 0.6) is 5.88 Å². The van der Waals surface area contributed by atoms with E-state index in [4.69, 9.17) is 4.74 Å². The second kappa shape index (κ2) is 10.1. The Hall–Kier alpha value is -3.09. The van der Waals surface area contributed by atoms with E-state index in [1.807, 2.05) is 39.0 Å². The normalized spacial score (nSPS) is 14.5. The third kappa shape index (κ3) is 6.20. The molecule has 7 nitrogen and oxygen atoms in total. The number of amides is 2. The van der Waals surface area contributed by atoms with Gasteiger partial charge in [-0.3, -0.25) is 9.59 Å². The van der Waals surface area contributed by atoms with Gasteiger partial charge in [-0.2, -0.15) is 0 Å². The van der Waals surface area contributed by atoms with Crippen LogP contribution in [-0.4, -0.2) is 42.0 Å². The molecule has 160 valence electrons. The number of aromatic nitrogens is 1. The lowest BCUT2D eigenvalue weighted by Crippen LogP contribution is -2.35. The third-order valence-corrected chi connectivity index (χ3v) is 4.83. The quantitative estimate of drug-likeness (QED) is 0.695. The van der Waals surface area contributed by atoms with Crippen LogP contribution in [0, 0.1) is 0 Å². The van der Waals surface area contributed by atoms with Crippen molar-refractivity contribution < 1.29 is 14.3 Å². The number of benzene rings is 1. The maximum atomic E-state index is 12.4. The zero-order valence-corrected chi connectivity index (χ0v) is 17.9. The Balaban J connectivity index is 1.49. The van der Waals surface area contributed by atoms with Gasteiger partial charge in [-0.15, -0.1) is 0 Å². The van der Waals surface area contributed by atoms with Gasteiger partial charge >= 0.3 is 0 Å². The molecule has 2 aromatic rings. The number of hydrogen-bond donors (Lipinski definition) is 2. The summed E-state index contributed by atoms with van der Waals surface area (Å²) in [7, 11) is 0. The number of carbonyl (C=O) groups is 2. The molecule has 0 saturated carbocycles. The summed E-state index contributed by atoms with van der Waals surface area (Å²) in [5.74, 6) is 0.0697. The molecule has 2 N–H and O–H groups in total. The number of pyridine rings is 1. The summed E-state index contributed by atoms with van der Waals surface area (Å²) in [6, 6.07) is 10.9. The van der Waals surface area contributed by atoms with Crippen LogP contribution in [0.3, 0.4) is 0 Å². The average molecular weight is 411 g/mol. The first-order valence-corrected chi connectivity index (χ1v) is 10.5. The van der Waals surface area contributed by atoms with Crippen molar-refractivity contribution in [1.29, 1.82) is 0 Å². The molecule has 0 bridgehead atoms. The molecule has 0 spiro atoms. The highest BCUT2D eigenvalue weighted by Crippen LogP contribution is 2.23. The number of ether oxygens (including phenoxy) is 1. The van der Waals surface area contributed by atoms with E-state index in [9.17, 15) is 9.59 Å². The summed E-state index contributed by atoms with van der Waals surface area (Å²) in [6.07, 6.45) is 4.09. The van der Waals surface area contributed by atoms with E-state index in [-0.39, 0.29) is 30.4 Å². The molecule has 1 aromatic carbocycles. The van der Waals surface area contributed by atoms with Crippen molar-refractivity contribution in [2.45, 2.75) is 52.2 Å². The smallest absolute Gasteiger partial charge is 0.253 e. The van der Waals surface area contributed by atoms with E-state index < -0.39 is 0 Å². The lowest BCUT2D eigenvalue weighted by Gasteiger charge is -2.19. The zero-order chi connectivity index (χ0) is 21.5. The van der Waals surface area contributed by atoms with Gasteiger partial charge in [-0.25, -0.2) is 4.98 Å². The fourth-order valence-electron chi connectivity index (χ4n) is 3.43. The minimum absolute atomic E-state index is 0.0201. The predicted molar refractivity (Wildman–Crippen MR) is 118 cm³/mol. The minimum atomic E-state index is -0.314. The Morgan fingerprint density at radius 1 is 1.13 bits per heavy atom. The summed E-state index contributed by atoms with van der Waals surface area (Å²) in [5, 5.41) is 5.77. The van der Waals surface area contributed by atoms with Crippen molar-refractivity contribution >= 4 is 23.2 Å². The molecule has 1 unspecified atom stereocenters. The van der Waals surface area contributed by atoms with Crippen molar-refractivity contribution in [3.63, 3.8) is 0 Å². The van der Waals surface area contributed by atoms with Crippen LogP contribution in [-0.2, 0) is 4.79 Å². The van der Waals surface area contributed by atoms with Crippen molar-refractivity contribution in [3.8, 4) is 5.88 Å². The molecular weight excluding hydrogens is 380 g/mol. The largest absolute Gasteiger partial charge is 0.475 e. The van der Waals surface area contributed by atoms with Crippen LogP contribution in [0.2, 0.25) is 0 Å². The van der Waals surface area contributed by atoms with Gasteiger partial charge in [-0.05, 0) is 57.9 Å². The molecule has 1 aliphatic heterocycles. The number of anilines is 2. The second-order valence-corrected chi connectivity index (χ2v) is 7.92. The van der Waals surface area contributed by atoms with Crippen LogP contribution in [0.25, 0.3) is 0 Å². The Bertz CT molecular complexity index is 861. The van der Waals surface area contributed by atoms with E-state index in [0.29, 0.717) is 11.4 Å². The second-order valence-electron chi connectivity index (χ2n) is 7.92. The van der Waals surface area contributed by atoms with Gasteiger partial charge in [-0.1, -0.05) is 6.07 Å². The molecule has 0 radical (unpaired) electrons. The third-order valence-electron chi connectivity index (χ3n) is 4.83. The van der Waals surface area contributed by atoms with Gasteiger partial charge in [0, 0.05) is 49.2 Å². The molecule has 7 heteroatoms. The van der Waals surface area contributed by atoms with Crippen LogP contribution >= 0.6 is 0 Å². The minimum Gasteiger partial charge on any atom is -0.475 e. The Morgan fingerprint density at radius 2 is 1.90 bits per heavy atom. The molecule has 1 aromatic heterocycles. The summed E-state index contributed by atoms with van der Waals surface area (Å²) >= 11 is 0. The molecule has 2 amide bonds. The van der Waals surface area contributed by atoms with Gasteiger partial charge < -0.3 is 20.3 Å². The van der Waals surface area contributed by atoms with Crippen LogP contribution in [0.4, 0.5) is 11.4 Å². The monoisotopic (exact) mass is 410 g/mol. The van der Waals surface area contributed by atoms with Gasteiger partial charge in [0.25, 0.3) is 5.91 Å². The van der Waals surface area contributed by atoms with E-state index in [1.54, 1.807) is 12.1 Å². The summed E-state index contributed by atoms with van der Waals surface area (Å²) in [4.78, 5) is 31.3. The first kappa shape index (κ1) is 21.6. The van der Waals surface area contributed by atoms with E-state index in [1.165, 1.54) is 19.0 Å². The topological polar surface area (TPSA) is 83.6 Å². The summed E-state index contributed by atoms with van der Waals surface area (Å²) in [6.45, 7) is 7.75. The Morgan fingerprint density at radius 3 is 2.57 bits per heavy atom. The number of hydrogen-bond acceptors (Lipinski definition) is 5. The highest BCUT2D eigenvalue weighted by Gasteiger charge is 2.16. The first-order chi connectivity index (χ1) is 14.4. The van der Waals surface area contributed by atoms with Crippen LogP contribution < -0.4 is 20.3 Å². The van der Waals surface area contributed by atoms with Gasteiger partial charge in [0.05, 0.1) is 11.7 Å². The standard InChI is InChI=1S/C23H30N4O3/c1-16(2)30-22-10-9-18(15-24-22)23(29)25-17(3)13-21(28)26-19-7-6-8-20(14-19)27-11-4-5-12-27/h6-10,14-17H,4-5,11-13H2,1-3H3,(H,25,29)(H,26,28). The van der Waals surface area contributed by atoms with Crippen molar-refractivity contribution in [3.05, 3.63) is 48.2 Å².